The second-order valence-corrected chi connectivity index (χ2v) is 6.55. The molecule has 92 valence electrons. The predicted molar refractivity (Wildman–Crippen MR) is 73.4 cm³/mol. The third-order valence-electron chi connectivity index (χ3n) is 4.10. The average molecular weight is 257 g/mol. The van der Waals surface area contributed by atoms with E-state index < -0.39 is 0 Å². The van der Waals surface area contributed by atoms with E-state index in [1.807, 2.05) is 18.3 Å². The molecule has 1 fully saturated rings. The summed E-state index contributed by atoms with van der Waals surface area (Å²) >= 11 is 1.82. The SMILES string of the molecule is Cc1nc2sc3c(c2cc1C(=O)C1CC1)CCC3. The fraction of sp³-hybridized carbons (Fsp3) is 0.467. The van der Waals surface area contributed by atoms with Gasteiger partial charge in [-0.25, -0.2) is 4.98 Å². The number of carbonyl (C=O) groups is 1. The highest BCUT2D eigenvalue weighted by atomic mass is 32.1. The Labute approximate surface area is 110 Å². The highest BCUT2D eigenvalue weighted by Crippen LogP contribution is 2.39. The third kappa shape index (κ3) is 1.46. The van der Waals surface area contributed by atoms with Gasteiger partial charge in [0.25, 0.3) is 0 Å². The van der Waals surface area contributed by atoms with Crippen LogP contribution in [0.3, 0.4) is 0 Å². The van der Waals surface area contributed by atoms with Crippen molar-refractivity contribution < 1.29 is 4.79 Å². The van der Waals surface area contributed by atoms with Crippen LogP contribution in [0, 0.1) is 12.8 Å². The Morgan fingerprint density at radius 2 is 2.22 bits per heavy atom. The van der Waals surface area contributed by atoms with Crippen LogP contribution in [0.5, 0.6) is 0 Å². The summed E-state index contributed by atoms with van der Waals surface area (Å²) in [6.07, 6.45) is 5.76. The molecule has 18 heavy (non-hydrogen) atoms. The Morgan fingerprint density at radius 3 is 3.00 bits per heavy atom. The summed E-state index contributed by atoms with van der Waals surface area (Å²) in [6, 6.07) is 2.12. The number of ketones is 1. The van der Waals surface area contributed by atoms with Crippen molar-refractivity contribution >= 4 is 27.3 Å². The quantitative estimate of drug-likeness (QED) is 0.768. The van der Waals surface area contributed by atoms with Crippen molar-refractivity contribution in [3.8, 4) is 0 Å². The molecule has 0 aliphatic heterocycles. The number of nitrogens with zero attached hydrogens (tertiary/aromatic N) is 1. The Kier molecular flexibility index (Phi) is 2.16. The molecule has 2 aromatic rings. The first kappa shape index (κ1) is 10.7. The van der Waals surface area contributed by atoms with Gasteiger partial charge in [-0.15, -0.1) is 11.3 Å². The largest absolute Gasteiger partial charge is 0.294 e. The van der Waals surface area contributed by atoms with E-state index in [2.05, 4.69) is 11.1 Å². The fourth-order valence-corrected chi connectivity index (χ4v) is 4.21. The van der Waals surface area contributed by atoms with Crippen molar-refractivity contribution in [2.24, 2.45) is 5.92 Å². The minimum Gasteiger partial charge on any atom is -0.294 e. The van der Waals surface area contributed by atoms with Gasteiger partial charge in [-0.3, -0.25) is 4.79 Å². The lowest BCUT2D eigenvalue weighted by Crippen LogP contribution is -2.05. The number of hydrogen-bond donors (Lipinski definition) is 0. The number of pyridine rings is 1. The summed E-state index contributed by atoms with van der Waals surface area (Å²) in [4.78, 5) is 19.5. The topological polar surface area (TPSA) is 30.0 Å². The van der Waals surface area contributed by atoms with Crippen LogP contribution in [0.25, 0.3) is 10.2 Å². The standard InChI is InChI=1S/C15H15NOS/c1-8-11(14(17)9-5-6-9)7-12-10-3-2-4-13(10)18-15(12)16-8/h7,9H,2-6H2,1H3. The maximum atomic E-state index is 12.3. The van der Waals surface area contributed by atoms with Gasteiger partial charge < -0.3 is 0 Å². The van der Waals surface area contributed by atoms with E-state index in [4.69, 9.17) is 0 Å². The second kappa shape index (κ2) is 3.64. The van der Waals surface area contributed by atoms with Crippen LogP contribution >= 0.6 is 11.3 Å². The molecule has 2 aliphatic rings. The highest BCUT2D eigenvalue weighted by Gasteiger charge is 2.32. The molecular formula is C15H15NOS. The number of Topliss-reactive ketones (excluding diaryl/α,β-unsaturated/α-hetero) is 1. The van der Waals surface area contributed by atoms with Gasteiger partial charge in [0, 0.05) is 27.4 Å². The van der Waals surface area contributed by atoms with Gasteiger partial charge in [0.15, 0.2) is 5.78 Å². The van der Waals surface area contributed by atoms with E-state index in [1.54, 1.807) is 0 Å². The number of hydrogen-bond acceptors (Lipinski definition) is 3. The number of aromatic nitrogens is 1. The van der Waals surface area contributed by atoms with Crippen molar-refractivity contribution in [1.82, 2.24) is 4.98 Å². The monoisotopic (exact) mass is 257 g/mol. The molecule has 0 atom stereocenters. The minimum absolute atomic E-state index is 0.287. The molecular weight excluding hydrogens is 242 g/mol. The van der Waals surface area contributed by atoms with E-state index in [9.17, 15) is 4.79 Å². The molecule has 1 saturated carbocycles. The molecule has 0 spiro atoms. The van der Waals surface area contributed by atoms with Gasteiger partial charge in [-0.2, -0.15) is 0 Å². The summed E-state index contributed by atoms with van der Waals surface area (Å²) < 4.78 is 0. The summed E-state index contributed by atoms with van der Waals surface area (Å²) in [5, 5.41) is 1.25. The van der Waals surface area contributed by atoms with Crippen molar-refractivity contribution in [3.63, 3.8) is 0 Å². The molecule has 2 heterocycles. The Bertz CT molecular complexity index is 667. The van der Waals surface area contributed by atoms with Crippen LogP contribution in [-0.4, -0.2) is 10.8 Å². The molecule has 2 nitrogen and oxygen atoms in total. The predicted octanol–water partition coefficient (Wildman–Crippen LogP) is 3.69. The second-order valence-electron chi connectivity index (χ2n) is 5.47. The Balaban J connectivity index is 1.92. The fourth-order valence-electron chi connectivity index (χ4n) is 2.92. The number of fused-ring (bicyclic) bond motifs is 3. The number of carbonyl (C=O) groups excluding carboxylic acids is 1. The molecule has 0 N–H and O–H groups in total. The minimum atomic E-state index is 0.287. The van der Waals surface area contributed by atoms with E-state index in [-0.39, 0.29) is 5.92 Å². The number of aryl methyl sites for hydroxylation is 3. The van der Waals surface area contributed by atoms with Crippen molar-refractivity contribution in [2.45, 2.75) is 39.0 Å². The molecule has 0 saturated heterocycles. The molecule has 0 amide bonds. The zero-order chi connectivity index (χ0) is 12.3. The Hall–Kier alpha value is -1.22. The Morgan fingerprint density at radius 1 is 1.39 bits per heavy atom. The molecule has 2 aliphatic carbocycles. The summed E-state index contributed by atoms with van der Waals surface area (Å²) in [7, 11) is 0. The van der Waals surface area contributed by atoms with Crippen LogP contribution in [0.4, 0.5) is 0 Å². The van der Waals surface area contributed by atoms with Crippen LogP contribution in [0.2, 0.25) is 0 Å². The van der Waals surface area contributed by atoms with E-state index >= 15 is 0 Å². The van der Waals surface area contributed by atoms with Crippen LogP contribution in [0.15, 0.2) is 6.07 Å². The van der Waals surface area contributed by atoms with Gasteiger partial charge in [-0.1, -0.05) is 0 Å². The van der Waals surface area contributed by atoms with Crippen LogP contribution in [0.1, 0.15) is 45.8 Å². The first-order chi connectivity index (χ1) is 8.74. The lowest BCUT2D eigenvalue weighted by atomic mass is 10.0. The molecule has 2 aromatic heterocycles. The van der Waals surface area contributed by atoms with Crippen molar-refractivity contribution in [3.05, 3.63) is 27.8 Å². The van der Waals surface area contributed by atoms with E-state index in [0.717, 1.165) is 35.4 Å². The first-order valence-electron chi connectivity index (χ1n) is 6.70. The third-order valence-corrected chi connectivity index (χ3v) is 5.31. The smallest absolute Gasteiger partial charge is 0.167 e. The van der Waals surface area contributed by atoms with Crippen LogP contribution < -0.4 is 0 Å². The van der Waals surface area contributed by atoms with Crippen molar-refractivity contribution in [1.29, 1.82) is 0 Å². The van der Waals surface area contributed by atoms with Crippen LogP contribution in [-0.2, 0) is 12.8 Å². The molecule has 0 aromatic carbocycles. The molecule has 0 radical (unpaired) electrons. The van der Waals surface area contributed by atoms with Gasteiger partial charge in [0.1, 0.15) is 4.83 Å². The van der Waals surface area contributed by atoms with E-state index in [0.29, 0.717) is 5.78 Å². The highest BCUT2D eigenvalue weighted by molar-refractivity contribution is 7.18. The lowest BCUT2D eigenvalue weighted by Gasteiger charge is -2.04. The van der Waals surface area contributed by atoms with Gasteiger partial charge >= 0.3 is 0 Å². The summed E-state index contributed by atoms with van der Waals surface area (Å²) in [6.45, 7) is 1.97. The summed E-state index contributed by atoms with van der Waals surface area (Å²) in [5.41, 5.74) is 3.25. The van der Waals surface area contributed by atoms with Gasteiger partial charge in [-0.05, 0) is 50.7 Å². The average Bonchev–Trinajstić information content (AvgIpc) is 3.01. The summed E-state index contributed by atoms with van der Waals surface area (Å²) in [5.74, 6) is 0.606. The molecule has 3 heteroatoms. The maximum Gasteiger partial charge on any atom is 0.167 e. The first-order valence-corrected chi connectivity index (χ1v) is 7.52. The maximum absolute atomic E-state index is 12.3. The van der Waals surface area contributed by atoms with Crippen molar-refractivity contribution in [2.75, 3.05) is 0 Å². The zero-order valence-electron chi connectivity index (χ0n) is 10.5. The van der Waals surface area contributed by atoms with Gasteiger partial charge in [0.05, 0.1) is 0 Å². The molecule has 0 bridgehead atoms. The molecule has 0 unspecified atom stereocenters. The molecule has 4 rings (SSSR count). The normalized spacial score (nSPS) is 18.3. The number of thiophene rings is 1. The van der Waals surface area contributed by atoms with E-state index in [1.165, 1.54) is 28.7 Å². The number of rotatable bonds is 2. The van der Waals surface area contributed by atoms with Gasteiger partial charge in [0.2, 0.25) is 0 Å². The zero-order valence-corrected chi connectivity index (χ0v) is 11.3. The lowest BCUT2D eigenvalue weighted by molar-refractivity contribution is 0.0967.